The van der Waals surface area contributed by atoms with Gasteiger partial charge in [-0.25, -0.2) is 0 Å². The van der Waals surface area contributed by atoms with Crippen LogP contribution in [-0.2, 0) is 4.79 Å². The van der Waals surface area contributed by atoms with Crippen molar-refractivity contribution in [2.75, 3.05) is 6.54 Å². The van der Waals surface area contributed by atoms with Gasteiger partial charge in [-0.3, -0.25) is 9.59 Å². The predicted molar refractivity (Wildman–Crippen MR) is 66.6 cm³/mol. The molecule has 0 aliphatic rings. The van der Waals surface area contributed by atoms with Crippen LogP contribution >= 0.6 is 0 Å². The summed E-state index contributed by atoms with van der Waals surface area (Å²) in [6.07, 6.45) is 0.374. The van der Waals surface area contributed by atoms with Gasteiger partial charge in [0.05, 0.1) is 5.92 Å². The Hall–Kier alpha value is -2.04. The number of aromatic hydroxyl groups is 1. The van der Waals surface area contributed by atoms with Crippen molar-refractivity contribution in [3.05, 3.63) is 29.3 Å². The Bertz CT molecular complexity index is 456. The second-order valence-electron chi connectivity index (χ2n) is 4.29. The number of rotatable bonds is 5. The number of hydrogen-bond acceptors (Lipinski definition) is 3. The Morgan fingerprint density at radius 2 is 2.06 bits per heavy atom. The Balaban J connectivity index is 2.50. The number of phenols is 1. The van der Waals surface area contributed by atoms with Crippen LogP contribution in [0.5, 0.6) is 5.75 Å². The molecule has 1 amide bonds. The van der Waals surface area contributed by atoms with E-state index in [2.05, 4.69) is 5.32 Å². The van der Waals surface area contributed by atoms with Gasteiger partial charge in [-0.1, -0.05) is 13.0 Å². The van der Waals surface area contributed by atoms with E-state index < -0.39 is 11.9 Å². The normalized spacial score (nSPS) is 11.9. The molecule has 0 aliphatic carbocycles. The van der Waals surface area contributed by atoms with Crippen molar-refractivity contribution in [3.63, 3.8) is 0 Å². The van der Waals surface area contributed by atoms with E-state index in [9.17, 15) is 14.7 Å². The molecule has 0 saturated heterocycles. The number of amides is 1. The molecule has 0 radical (unpaired) electrons. The molecule has 3 N–H and O–H groups in total. The number of nitrogens with one attached hydrogen (secondary N) is 1. The van der Waals surface area contributed by atoms with Crippen LogP contribution in [0.15, 0.2) is 18.2 Å². The molecule has 0 aromatic heterocycles. The lowest BCUT2D eigenvalue weighted by Crippen LogP contribution is -2.27. The maximum Gasteiger partial charge on any atom is 0.306 e. The predicted octanol–water partition coefficient (Wildman–Crippen LogP) is 1.54. The zero-order valence-corrected chi connectivity index (χ0v) is 10.4. The smallest absolute Gasteiger partial charge is 0.306 e. The second kappa shape index (κ2) is 6.05. The van der Waals surface area contributed by atoms with Crippen molar-refractivity contribution in [2.45, 2.75) is 20.3 Å². The van der Waals surface area contributed by atoms with E-state index in [1.807, 2.05) is 0 Å². The summed E-state index contributed by atoms with van der Waals surface area (Å²) in [4.78, 5) is 22.3. The average Bonchev–Trinajstić information content (AvgIpc) is 2.32. The van der Waals surface area contributed by atoms with Crippen LogP contribution in [0.4, 0.5) is 0 Å². The topological polar surface area (TPSA) is 86.6 Å². The lowest BCUT2D eigenvalue weighted by atomic mass is 10.1. The van der Waals surface area contributed by atoms with Crippen LogP contribution in [0.2, 0.25) is 0 Å². The first-order chi connectivity index (χ1) is 8.41. The van der Waals surface area contributed by atoms with Crippen LogP contribution in [-0.4, -0.2) is 28.6 Å². The van der Waals surface area contributed by atoms with E-state index in [4.69, 9.17) is 5.11 Å². The highest BCUT2D eigenvalue weighted by molar-refractivity contribution is 5.94. The molecule has 0 saturated carbocycles. The number of benzene rings is 1. The third-order valence-corrected chi connectivity index (χ3v) is 2.76. The van der Waals surface area contributed by atoms with Gasteiger partial charge < -0.3 is 15.5 Å². The number of carboxylic acids is 1. The quantitative estimate of drug-likeness (QED) is 0.740. The molecular weight excluding hydrogens is 234 g/mol. The van der Waals surface area contributed by atoms with E-state index in [1.165, 1.54) is 6.07 Å². The molecule has 18 heavy (non-hydrogen) atoms. The highest BCUT2D eigenvalue weighted by Crippen LogP contribution is 2.17. The summed E-state index contributed by atoms with van der Waals surface area (Å²) >= 11 is 0. The number of carbonyl (C=O) groups is 2. The van der Waals surface area contributed by atoms with Crippen LogP contribution in [0.3, 0.4) is 0 Å². The summed E-state index contributed by atoms with van der Waals surface area (Å²) in [5, 5.41) is 20.8. The van der Waals surface area contributed by atoms with Crippen molar-refractivity contribution < 1.29 is 19.8 Å². The van der Waals surface area contributed by atoms with Gasteiger partial charge in [0, 0.05) is 12.1 Å². The zero-order valence-electron chi connectivity index (χ0n) is 10.4. The lowest BCUT2D eigenvalue weighted by Gasteiger charge is -2.08. The van der Waals surface area contributed by atoms with Gasteiger partial charge in [0.2, 0.25) is 0 Å². The molecule has 1 atom stereocenters. The largest absolute Gasteiger partial charge is 0.508 e. The minimum Gasteiger partial charge on any atom is -0.508 e. The fourth-order valence-electron chi connectivity index (χ4n) is 1.38. The number of carbonyl (C=O) groups excluding carboxylic acids is 1. The SMILES string of the molecule is Cc1ccc(C(=O)NCCC(C)C(=O)O)cc1O. The molecule has 0 aliphatic heterocycles. The summed E-state index contributed by atoms with van der Waals surface area (Å²) in [5.41, 5.74) is 1.06. The van der Waals surface area contributed by atoms with Crippen molar-refractivity contribution in [1.82, 2.24) is 5.32 Å². The van der Waals surface area contributed by atoms with Crippen LogP contribution in [0.25, 0.3) is 0 Å². The van der Waals surface area contributed by atoms with Gasteiger partial charge in [-0.2, -0.15) is 0 Å². The molecule has 0 fully saturated rings. The third-order valence-electron chi connectivity index (χ3n) is 2.76. The van der Waals surface area contributed by atoms with Crippen molar-refractivity contribution in [2.24, 2.45) is 5.92 Å². The molecule has 0 spiro atoms. The number of hydrogen-bond donors (Lipinski definition) is 3. The monoisotopic (exact) mass is 251 g/mol. The second-order valence-corrected chi connectivity index (χ2v) is 4.29. The molecule has 1 aromatic rings. The van der Waals surface area contributed by atoms with Crippen molar-refractivity contribution in [1.29, 1.82) is 0 Å². The van der Waals surface area contributed by atoms with Gasteiger partial charge in [-0.05, 0) is 31.0 Å². The summed E-state index contributed by atoms with van der Waals surface area (Å²) in [6, 6.07) is 4.67. The summed E-state index contributed by atoms with van der Waals surface area (Å²) < 4.78 is 0. The fourth-order valence-corrected chi connectivity index (χ4v) is 1.38. The molecule has 0 heterocycles. The van der Waals surface area contributed by atoms with E-state index in [-0.39, 0.29) is 11.7 Å². The van der Waals surface area contributed by atoms with Gasteiger partial charge >= 0.3 is 5.97 Å². The van der Waals surface area contributed by atoms with E-state index in [0.717, 1.165) is 0 Å². The first-order valence-corrected chi connectivity index (χ1v) is 5.72. The third kappa shape index (κ3) is 3.76. The van der Waals surface area contributed by atoms with Crippen LogP contribution < -0.4 is 5.32 Å². The maximum atomic E-state index is 11.7. The first-order valence-electron chi connectivity index (χ1n) is 5.72. The lowest BCUT2D eigenvalue weighted by molar-refractivity contribution is -0.141. The van der Waals surface area contributed by atoms with Crippen LogP contribution in [0, 0.1) is 12.8 Å². The van der Waals surface area contributed by atoms with Gasteiger partial charge in [0.1, 0.15) is 5.75 Å². The van der Waals surface area contributed by atoms with E-state index >= 15 is 0 Å². The number of aryl methyl sites for hydroxylation is 1. The maximum absolute atomic E-state index is 11.7. The van der Waals surface area contributed by atoms with E-state index in [1.54, 1.807) is 26.0 Å². The summed E-state index contributed by atoms with van der Waals surface area (Å²) in [6.45, 7) is 3.62. The van der Waals surface area contributed by atoms with Gasteiger partial charge in [0.15, 0.2) is 0 Å². The number of aliphatic carboxylic acids is 1. The van der Waals surface area contributed by atoms with Gasteiger partial charge in [-0.15, -0.1) is 0 Å². The molecule has 1 unspecified atom stereocenters. The zero-order chi connectivity index (χ0) is 13.7. The molecule has 5 nitrogen and oxygen atoms in total. The molecule has 98 valence electrons. The Kier molecular flexibility index (Phi) is 4.71. The minimum atomic E-state index is -0.878. The average molecular weight is 251 g/mol. The summed E-state index contributed by atoms with van der Waals surface area (Å²) in [5.74, 6) is -1.61. The number of phenolic OH excluding ortho intramolecular Hbond substituents is 1. The molecule has 0 bridgehead atoms. The molecule has 1 rings (SSSR count). The highest BCUT2D eigenvalue weighted by atomic mass is 16.4. The van der Waals surface area contributed by atoms with Crippen LogP contribution in [0.1, 0.15) is 29.3 Å². The van der Waals surface area contributed by atoms with Crippen molar-refractivity contribution >= 4 is 11.9 Å². The molecule has 1 aromatic carbocycles. The molecule has 5 heteroatoms. The standard InChI is InChI=1S/C13H17NO4/c1-8-3-4-10(7-11(8)15)12(16)14-6-5-9(2)13(17)18/h3-4,7,9,15H,5-6H2,1-2H3,(H,14,16)(H,17,18). The Morgan fingerprint density at radius 3 is 2.61 bits per heavy atom. The summed E-state index contributed by atoms with van der Waals surface area (Å²) in [7, 11) is 0. The highest BCUT2D eigenvalue weighted by Gasteiger charge is 2.12. The van der Waals surface area contributed by atoms with Gasteiger partial charge in [0.25, 0.3) is 5.91 Å². The number of carboxylic acid groups (broad SMARTS) is 1. The van der Waals surface area contributed by atoms with Crippen molar-refractivity contribution in [3.8, 4) is 5.75 Å². The Morgan fingerprint density at radius 1 is 1.39 bits per heavy atom. The minimum absolute atomic E-state index is 0.0709. The fraction of sp³-hybridized carbons (Fsp3) is 0.385. The Labute approximate surface area is 105 Å². The molecular formula is C13H17NO4. The first kappa shape index (κ1) is 14.0. The van der Waals surface area contributed by atoms with E-state index in [0.29, 0.717) is 24.1 Å².